The molecule has 13 heavy (non-hydrogen) atoms. The van der Waals surface area contributed by atoms with Crippen LogP contribution >= 0.6 is 0 Å². The molecule has 1 fully saturated rings. The molecular formula is C11H16N2. The predicted molar refractivity (Wildman–Crippen MR) is 54.7 cm³/mol. The molecule has 1 aromatic rings. The van der Waals surface area contributed by atoms with E-state index in [1.807, 2.05) is 6.07 Å². The van der Waals surface area contributed by atoms with Crippen LogP contribution in [0.4, 0.5) is 0 Å². The molecule has 1 saturated heterocycles. The molecule has 0 aromatic heterocycles. The van der Waals surface area contributed by atoms with E-state index >= 15 is 0 Å². The lowest BCUT2D eigenvalue weighted by Gasteiger charge is -2.13. The summed E-state index contributed by atoms with van der Waals surface area (Å²) >= 11 is 0. The summed E-state index contributed by atoms with van der Waals surface area (Å²) in [6, 6.07) is 10.9. The van der Waals surface area contributed by atoms with Crippen molar-refractivity contribution in [3.8, 4) is 0 Å². The molecule has 0 spiro atoms. The Labute approximate surface area is 79.4 Å². The first-order chi connectivity index (χ1) is 6.27. The second-order valence-corrected chi connectivity index (χ2v) is 3.90. The molecule has 2 atom stereocenters. The maximum absolute atomic E-state index is 6.06. The fourth-order valence-electron chi connectivity index (χ4n) is 2.09. The molecule has 0 bridgehead atoms. The Hall–Kier alpha value is -0.860. The van der Waals surface area contributed by atoms with Crippen LogP contribution in [0.2, 0.25) is 0 Å². The normalized spacial score (nSPS) is 29.4. The average Bonchev–Trinajstić information content (AvgIpc) is 2.47. The van der Waals surface area contributed by atoms with Gasteiger partial charge in [-0.05, 0) is 12.6 Å². The molecule has 0 radical (unpaired) electrons. The quantitative estimate of drug-likeness (QED) is 0.693. The van der Waals surface area contributed by atoms with Gasteiger partial charge in [0.15, 0.2) is 0 Å². The molecule has 2 heteroatoms. The lowest BCUT2D eigenvalue weighted by molar-refractivity contribution is 0.407. The van der Waals surface area contributed by atoms with E-state index < -0.39 is 0 Å². The third-order valence-corrected chi connectivity index (χ3v) is 2.78. The molecule has 1 aromatic carbocycles. The van der Waals surface area contributed by atoms with E-state index in [2.05, 4.69) is 36.2 Å². The van der Waals surface area contributed by atoms with Gasteiger partial charge in [-0.25, -0.2) is 0 Å². The summed E-state index contributed by atoms with van der Waals surface area (Å²) in [7, 11) is 2.13. The Morgan fingerprint density at radius 2 is 1.92 bits per heavy atom. The standard InChI is InChI=1S/C11H16N2/c1-13-7-10(11(12)8-13)9-5-3-2-4-6-9/h2-6,10-11H,7-8,12H2,1H3/t10-,11+/m1/s1. The summed E-state index contributed by atoms with van der Waals surface area (Å²) in [6.07, 6.45) is 0. The first kappa shape index (κ1) is 8.73. The van der Waals surface area contributed by atoms with Gasteiger partial charge in [-0.1, -0.05) is 30.3 Å². The van der Waals surface area contributed by atoms with Gasteiger partial charge >= 0.3 is 0 Å². The van der Waals surface area contributed by atoms with Crippen molar-refractivity contribution in [2.75, 3.05) is 20.1 Å². The average molecular weight is 176 g/mol. The molecule has 0 unspecified atom stereocenters. The van der Waals surface area contributed by atoms with Crippen LogP contribution in [0.5, 0.6) is 0 Å². The number of nitrogens with two attached hydrogens (primary N) is 1. The van der Waals surface area contributed by atoms with Crippen LogP contribution < -0.4 is 5.73 Å². The maximum atomic E-state index is 6.06. The Bertz CT molecular complexity index is 271. The van der Waals surface area contributed by atoms with Crippen molar-refractivity contribution >= 4 is 0 Å². The molecule has 0 amide bonds. The number of hydrogen-bond donors (Lipinski definition) is 1. The van der Waals surface area contributed by atoms with E-state index in [9.17, 15) is 0 Å². The Kier molecular flexibility index (Phi) is 2.34. The van der Waals surface area contributed by atoms with E-state index in [-0.39, 0.29) is 0 Å². The second-order valence-electron chi connectivity index (χ2n) is 3.90. The van der Waals surface area contributed by atoms with E-state index in [0.717, 1.165) is 13.1 Å². The molecule has 1 aliphatic heterocycles. The monoisotopic (exact) mass is 176 g/mol. The van der Waals surface area contributed by atoms with Crippen LogP contribution in [0.3, 0.4) is 0 Å². The summed E-state index contributed by atoms with van der Waals surface area (Å²) in [5.74, 6) is 0.520. The van der Waals surface area contributed by atoms with Gasteiger partial charge in [0, 0.05) is 25.0 Å². The van der Waals surface area contributed by atoms with E-state index in [1.165, 1.54) is 5.56 Å². The first-order valence-corrected chi connectivity index (χ1v) is 4.76. The van der Waals surface area contributed by atoms with Gasteiger partial charge < -0.3 is 10.6 Å². The molecule has 70 valence electrons. The lowest BCUT2D eigenvalue weighted by atomic mass is 9.95. The van der Waals surface area contributed by atoms with Gasteiger partial charge in [-0.15, -0.1) is 0 Å². The van der Waals surface area contributed by atoms with Gasteiger partial charge in [-0.3, -0.25) is 0 Å². The number of likely N-dealkylation sites (N-methyl/N-ethyl adjacent to an activating group) is 1. The summed E-state index contributed by atoms with van der Waals surface area (Å²) in [6.45, 7) is 2.10. The lowest BCUT2D eigenvalue weighted by Crippen LogP contribution is -2.27. The largest absolute Gasteiger partial charge is 0.326 e. The second kappa shape index (κ2) is 3.48. The van der Waals surface area contributed by atoms with Crippen molar-refractivity contribution in [1.82, 2.24) is 4.90 Å². The van der Waals surface area contributed by atoms with Crippen molar-refractivity contribution < 1.29 is 0 Å². The number of likely N-dealkylation sites (tertiary alicyclic amines) is 1. The molecule has 1 heterocycles. The van der Waals surface area contributed by atoms with E-state index in [4.69, 9.17) is 5.73 Å². The Morgan fingerprint density at radius 3 is 2.46 bits per heavy atom. The Morgan fingerprint density at radius 1 is 1.23 bits per heavy atom. The highest BCUT2D eigenvalue weighted by molar-refractivity contribution is 5.23. The number of benzene rings is 1. The van der Waals surface area contributed by atoms with Gasteiger partial charge in [0.1, 0.15) is 0 Å². The highest BCUT2D eigenvalue weighted by Gasteiger charge is 2.28. The van der Waals surface area contributed by atoms with Gasteiger partial charge in [0.2, 0.25) is 0 Å². The van der Waals surface area contributed by atoms with Crippen molar-refractivity contribution in [3.63, 3.8) is 0 Å². The minimum atomic E-state index is 0.299. The first-order valence-electron chi connectivity index (χ1n) is 4.76. The van der Waals surface area contributed by atoms with Crippen molar-refractivity contribution in [1.29, 1.82) is 0 Å². The van der Waals surface area contributed by atoms with Gasteiger partial charge in [0.05, 0.1) is 0 Å². The Balaban J connectivity index is 2.18. The summed E-state index contributed by atoms with van der Waals surface area (Å²) in [4.78, 5) is 2.29. The third-order valence-electron chi connectivity index (χ3n) is 2.78. The maximum Gasteiger partial charge on any atom is 0.0249 e. The number of nitrogens with zero attached hydrogens (tertiary/aromatic N) is 1. The minimum Gasteiger partial charge on any atom is -0.326 e. The number of hydrogen-bond acceptors (Lipinski definition) is 2. The molecule has 2 nitrogen and oxygen atoms in total. The topological polar surface area (TPSA) is 29.3 Å². The fraction of sp³-hybridized carbons (Fsp3) is 0.455. The molecule has 2 rings (SSSR count). The van der Waals surface area contributed by atoms with Gasteiger partial charge in [0.25, 0.3) is 0 Å². The smallest absolute Gasteiger partial charge is 0.0249 e. The SMILES string of the molecule is CN1C[C@H](c2ccccc2)[C@@H](N)C1. The highest BCUT2D eigenvalue weighted by Crippen LogP contribution is 2.24. The van der Waals surface area contributed by atoms with Gasteiger partial charge in [-0.2, -0.15) is 0 Å². The predicted octanol–water partition coefficient (Wildman–Crippen LogP) is 1.04. The van der Waals surface area contributed by atoms with Crippen LogP contribution in [-0.2, 0) is 0 Å². The van der Waals surface area contributed by atoms with Crippen LogP contribution in [0.1, 0.15) is 11.5 Å². The zero-order valence-corrected chi connectivity index (χ0v) is 7.98. The minimum absolute atomic E-state index is 0.299. The fourth-order valence-corrected chi connectivity index (χ4v) is 2.09. The molecule has 2 N–H and O–H groups in total. The van der Waals surface area contributed by atoms with E-state index in [0.29, 0.717) is 12.0 Å². The summed E-state index contributed by atoms with van der Waals surface area (Å²) < 4.78 is 0. The van der Waals surface area contributed by atoms with Crippen LogP contribution in [-0.4, -0.2) is 31.1 Å². The van der Waals surface area contributed by atoms with Crippen LogP contribution in [0.15, 0.2) is 30.3 Å². The highest BCUT2D eigenvalue weighted by atomic mass is 15.1. The summed E-state index contributed by atoms with van der Waals surface area (Å²) in [5, 5.41) is 0. The number of rotatable bonds is 1. The van der Waals surface area contributed by atoms with Crippen molar-refractivity contribution in [2.45, 2.75) is 12.0 Å². The van der Waals surface area contributed by atoms with Crippen LogP contribution in [0, 0.1) is 0 Å². The molecule has 1 aliphatic rings. The van der Waals surface area contributed by atoms with Crippen molar-refractivity contribution in [2.24, 2.45) is 5.73 Å². The summed E-state index contributed by atoms with van der Waals surface area (Å²) in [5.41, 5.74) is 7.43. The molecule has 0 saturated carbocycles. The van der Waals surface area contributed by atoms with Crippen LogP contribution in [0.25, 0.3) is 0 Å². The zero-order valence-electron chi connectivity index (χ0n) is 7.98. The van der Waals surface area contributed by atoms with Crippen molar-refractivity contribution in [3.05, 3.63) is 35.9 Å². The zero-order chi connectivity index (χ0) is 9.26. The molecular weight excluding hydrogens is 160 g/mol. The third kappa shape index (κ3) is 1.74. The molecule has 0 aliphatic carbocycles. The van der Waals surface area contributed by atoms with E-state index in [1.54, 1.807) is 0 Å².